The van der Waals surface area contributed by atoms with Crippen LogP contribution in [0.5, 0.6) is 11.5 Å². The van der Waals surface area contributed by atoms with Crippen molar-refractivity contribution in [2.45, 2.75) is 45.6 Å². The number of methoxy groups -OCH3 is 2. The third kappa shape index (κ3) is 4.35. The first-order chi connectivity index (χ1) is 15.3. The standard InChI is InChI=1S/C26H31NO5/c1-6-7-14-27-23(18-10-8-17(9-11-18)16(2)3)22(25(29)26(27)30)24(28)20-13-12-19(31-4)15-21(20)32-5/h8-13,15-16,23,28H,6-7,14H2,1-5H3/b24-22-. The van der Waals surface area contributed by atoms with Crippen LogP contribution in [0.1, 0.15) is 62.3 Å². The Balaban J connectivity index is 2.18. The number of nitrogens with zero attached hydrogens (tertiary/aromatic N) is 1. The number of ether oxygens (including phenoxy) is 2. The van der Waals surface area contributed by atoms with E-state index in [9.17, 15) is 14.7 Å². The molecule has 0 aromatic heterocycles. The second-order valence-electron chi connectivity index (χ2n) is 8.23. The Morgan fingerprint density at radius 3 is 2.31 bits per heavy atom. The molecule has 0 spiro atoms. The number of unbranched alkanes of at least 4 members (excludes halogenated alkanes) is 1. The number of hydrogen-bond donors (Lipinski definition) is 1. The van der Waals surface area contributed by atoms with Crippen molar-refractivity contribution in [3.63, 3.8) is 0 Å². The molecule has 0 saturated carbocycles. The number of carbonyl (C=O) groups is 2. The van der Waals surface area contributed by atoms with E-state index >= 15 is 0 Å². The summed E-state index contributed by atoms with van der Waals surface area (Å²) in [5, 5.41) is 11.3. The van der Waals surface area contributed by atoms with Crippen LogP contribution in [-0.4, -0.2) is 42.5 Å². The number of amides is 1. The number of hydrogen-bond acceptors (Lipinski definition) is 5. The third-order valence-corrected chi connectivity index (χ3v) is 5.88. The Bertz CT molecular complexity index is 1020. The molecule has 3 rings (SSSR count). The summed E-state index contributed by atoms with van der Waals surface area (Å²) in [5.41, 5.74) is 2.37. The Morgan fingerprint density at radius 2 is 1.75 bits per heavy atom. The molecule has 6 heteroatoms. The molecule has 1 heterocycles. The molecule has 1 atom stereocenters. The van der Waals surface area contributed by atoms with Gasteiger partial charge in [0.25, 0.3) is 11.7 Å². The maximum atomic E-state index is 13.1. The summed E-state index contributed by atoms with van der Waals surface area (Å²) in [4.78, 5) is 27.6. The normalized spacial score (nSPS) is 17.8. The number of rotatable bonds is 8. The summed E-state index contributed by atoms with van der Waals surface area (Å²) >= 11 is 0. The van der Waals surface area contributed by atoms with E-state index in [0.29, 0.717) is 29.5 Å². The van der Waals surface area contributed by atoms with Crippen molar-refractivity contribution >= 4 is 17.4 Å². The zero-order valence-electron chi connectivity index (χ0n) is 19.3. The molecule has 1 fully saturated rings. The molecule has 32 heavy (non-hydrogen) atoms. The van der Waals surface area contributed by atoms with Gasteiger partial charge in [-0.25, -0.2) is 0 Å². The van der Waals surface area contributed by atoms with Crippen molar-refractivity contribution in [2.24, 2.45) is 0 Å². The first-order valence-electron chi connectivity index (χ1n) is 10.9. The van der Waals surface area contributed by atoms with E-state index < -0.39 is 17.7 Å². The maximum absolute atomic E-state index is 13.1. The van der Waals surface area contributed by atoms with E-state index in [1.807, 2.05) is 31.2 Å². The maximum Gasteiger partial charge on any atom is 0.295 e. The molecule has 1 amide bonds. The van der Waals surface area contributed by atoms with Crippen LogP contribution in [0.25, 0.3) is 5.76 Å². The van der Waals surface area contributed by atoms with Crippen molar-refractivity contribution < 1.29 is 24.2 Å². The minimum atomic E-state index is -0.686. The predicted molar refractivity (Wildman–Crippen MR) is 124 cm³/mol. The fraction of sp³-hybridized carbons (Fsp3) is 0.385. The lowest BCUT2D eigenvalue weighted by atomic mass is 9.93. The minimum Gasteiger partial charge on any atom is -0.507 e. The molecule has 1 unspecified atom stereocenters. The second-order valence-corrected chi connectivity index (χ2v) is 8.23. The van der Waals surface area contributed by atoms with E-state index in [1.54, 1.807) is 23.1 Å². The molecule has 0 radical (unpaired) electrons. The second kappa shape index (κ2) is 9.90. The van der Waals surface area contributed by atoms with Gasteiger partial charge >= 0.3 is 0 Å². The molecular weight excluding hydrogens is 406 g/mol. The number of Topliss-reactive ketones (excluding diaryl/α,β-unsaturated/α-hetero) is 1. The zero-order chi connectivity index (χ0) is 23.4. The number of likely N-dealkylation sites (tertiary alicyclic amines) is 1. The Morgan fingerprint density at radius 1 is 1.06 bits per heavy atom. The monoisotopic (exact) mass is 437 g/mol. The summed E-state index contributed by atoms with van der Waals surface area (Å²) < 4.78 is 10.7. The van der Waals surface area contributed by atoms with Gasteiger partial charge in [0.1, 0.15) is 17.3 Å². The molecule has 2 aromatic carbocycles. The largest absolute Gasteiger partial charge is 0.507 e. The van der Waals surface area contributed by atoms with Crippen molar-refractivity contribution in [1.29, 1.82) is 0 Å². The lowest BCUT2D eigenvalue weighted by molar-refractivity contribution is -0.139. The highest BCUT2D eigenvalue weighted by Gasteiger charge is 2.46. The van der Waals surface area contributed by atoms with Crippen LogP contribution in [0.3, 0.4) is 0 Å². The number of aliphatic hydroxyl groups excluding tert-OH is 1. The highest BCUT2D eigenvalue weighted by atomic mass is 16.5. The van der Waals surface area contributed by atoms with E-state index in [2.05, 4.69) is 13.8 Å². The summed E-state index contributed by atoms with van der Waals surface area (Å²) in [6.07, 6.45) is 1.65. The van der Waals surface area contributed by atoms with Crippen molar-refractivity contribution in [3.8, 4) is 11.5 Å². The first-order valence-corrected chi connectivity index (χ1v) is 10.9. The molecule has 170 valence electrons. The Labute approximate surface area is 189 Å². The molecule has 1 aliphatic rings. The van der Waals surface area contributed by atoms with Gasteiger partial charge in [-0.3, -0.25) is 9.59 Å². The van der Waals surface area contributed by atoms with Crippen LogP contribution in [-0.2, 0) is 9.59 Å². The van der Waals surface area contributed by atoms with Gasteiger partial charge in [0.15, 0.2) is 0 Å². The van der Waals surface area contributed by atoms with Crippen LogP contribution < -0.4 is 9.47 Å². The average Bonchev–Trinajstić information content (AvgIpc) is 3.06. The topological polar surface area (TPSA) is 76.1 Å². The first kappa shape index (κ1) is 23.4. The molecule has 6 nitrogen and oxygen atoms in total. The number of benzene rings is 2. The zero-order valence-corrected chi connectivity index (χ0v) is 19.3. The van der Waals surface area contributed by atoms with Crippen molar-refractivity contribution in [2.75, 3.05) is 20.8 Å². The molecule has 1 N–H and O–H groups in total. The van der Waals surface area contributed by atoms with Crippen LogP contribution in [0.2, 0.25) is 0 Å². The molecule has 2 aromatic rings. The lowest BCUT2D eigenvalue weighted by Gasteiger charge is -2.25. The summed E-state index contributed by atoms with van der Waals surface area (Å²) in [5.74, 6) is -0.253. The van der Waals surface area contributed by atoms with Gasteiger partial charge in [0.05, 0.1) is 31.4 Å². The van der Waals surface area contributed by atoms with Crippen molar-refractivity contribution in [1.82, 2.24) is 4.90 Å². The predicted octanol–water partition coefficient (Wildman–Crippen LogP) is 5.05. The average molecular weight is 438 g/mol. The summed E-state index contributed by atoms with van der Waals surface area (Å²) in [6.45, 7) is 6.69. The van der Waals surface area contributed by atoms with Crippen LogP contribution in [0, 0.1) is 0 Å². The Hall–Kier alpha value is -3.28. The lowest BCUT2D eigenvalue weighted by Crippen LogP contribution is -2.30. The van der Waals surface area contributed by atoms with Crippen LogP contribution in [0.4, 0.5) is 0 Å². The molecular formula is C26H31NO5. The van der Waals surface area contributed by atoms with E-state index in [4.69, 9.17) is 9.47 Å². The number of aliphatic hydroxyl groups is 1. The van der Waals surface area contributed by atoms with Gasteiger partial charge < -0.3 is 19.5 Å². The summed E-state index contributed by atoms with van der Waals surface area (Å²) in [6, 6.07) is 12.2. The SMILES string of the molecule is CCCCN1C(=O)C(=O)/C(=C(\O)c2ccc(OC)cc2OC)C1c1ccc(C(C)C)cc1. The van der Waals surface area contributed by atoms with Gasteiger partial charge in [0.2, 0.25) is 0 Å². The van der Waals surface area contributed by atoms with Crippen LogP contribution >= 0.6 is 0 Å². The smallest absolute Gasteiger partial charge is 0.295 e. The van der Waals surface area contributed by atoms with Gasteiger partial charge in [-0.05, 0) is 35.6 Å². The quantitative estimate of drug-likeness (QED) is 0.355. The molecule has 0 aliphatic carbocycles. The van der Waals surface area contributed by atoms with Gasteiger partial charge in [0, 0.05) is 12.6 Å². The molecule has 0 bridgehead atoms. The summed E-state index contributed by atoms with van der Waals surface area (Å²) in [7, 11) is 3.02. The van der Waals surface area contributed by atoms with Gasteiger partial charge in [-0.15, -0.1) is 0 Å². The molecule has 1 aliphatic heterocycles. The van der Waals surface area contributed by atoms with Crippen molar-refractivity contribution in [3.05, 3.63) is 64.7 Å². The highest BCUT2D eigenvalue weighted by molar-refractivity contribution is 6.46. The van der Waals surface area contributed by atoms with E-state index in [0.717, 1.165) is 24.0 Å². The van der Waals surface area contributed by atoms with Crippen LogP contribution in [0.15, 0.2) is 48.0 Å². The van der Waals surface area contributed by atoms with Gasteiger partial charge in [-0.2, -0.15) is 0 Å². The fourth-order valence-electron chi connectivity index (χ4n) is 3.99. The number of carbonyl (C=O) groups excluding carboxylic acids is 2. The fourth-order valence-corrected chi connectivity index (χ4v) is 3.99. The van der Waals surface area contributed by atoms with E-state index in [1.165, 1.54) is 14.2 Å². The number of ketones is 1. The minimum absolute atomic E-state index is 0.0758. The Kier molecular flexibility index (Phi) is 7.23. The van der Waals surface area contributed by atoms with Gasteiger partial charge in [-0.1, -0.05) is 51.5 Å². The highest BCUT2D eigenvalue weighted by Crippen LogP contribution is 2.41. The van der Waals surface area contributed by atoms with E-state index in [-0.39, 0.29) is 11.3 Å². The third-order valence-electron chi connectivity index (χ3n) is 5.88. The molecule has 1 saturated heterocycles.